The van der Waals surface area contributed by atoms with Gasteiger partial charge in [0, 0.05) is 26.5 Å². The Morgan fingerprint density at radius 2 is 0.767 bits per heavy atom. The van der Waals surface area contributed by atoms with E-state index in [-0.39, 0.29) is 0 Å². The number of rotatable bonds is 5. The Balaban J connectivity index is 1.08. The topological polar surface area (TPSA) is 86.2 Å². The largest absolute Gasteiger partial charge is 0.208 e. The average molecular weight is 782 g/mol. The van der Waals surface area contributed by atoms with Crippen LogP contribution in [-0.2, 0) is 5.41 Å². The molecule has 0 bridgehead atoms. The molecule has 11 rings (SSSR count). The number of hydrogen-bond acceptors (Lipinski definition) is 6. The zero-order valence-electron chi connectivity index (χ0n) is 32.0. The van der Waals surface area contributed by atoms with Crippen LogP contribution in [0, 0.1) is 22.7 Å². The van der Waals surface area contributed by atoms with E-state index in [0.717, 1.165) is 43.8 Å². The van der Waals surface area contributed by atoms with Crippen molar-refractivity contribution < 1.29 is 0 Å². The lowest BCUT2D eigenvalue weighted by molar-refractivity contribution is 0.722. The highest BCUT2D eigenvalue weighted by atomic mass is 32.2. The Morgan fingerprint density at radius 1 is 0.350 bits per heavy atom. The first kappa shape index (κ1) is 35.3. The van der Waals surface area contributed by atoms with Crippen LogP contribution in [0.1, 0.15) is 33.4 Å². The summed E-state index contributed by atoms with van der Waals surface area (Å²) >= 11 is 1.79. The van der Waals surface area contributed by atoms with Crippen molar-refractivity contribution in [2.75, 3.05) is 0 Å². The van der Waals surface area contributed by atoms with E-state index in [1.165, 1.54) is 38.3 Å². The minimum absolute atomic E-state index is 0.469. The standard InChI is InChI=1S/C54H31N5S/c55-32-34-27-35(33-56)29-42(28-34)37-21-19-36(20-22-37)40-23-25-47-49(30-40)60-50-31-41(24-26-48(50)54(47)45-17-9-7-15-43(45)44-16-8-10-18-46(44)54)53-58-51(38-11-3-1-4-12-38)57-52(59-53)39-13-5-2-6-14-39/h1-31H. The monoisotopic (exact) mass is 781 g/mol. The summed E-state index contributed by atoms with van der Waals surface area (Å²) in [7, 11) is 0. The van der Waals surface area contributed by atoms with Gasteiger partial charge in [-0.1, -0.05) is 169 Å². The first-order valence-corrected chi connectivity index (χ1v) is 20.5. The summed E-state index contributed by atoms with van der Waals surface area (Å²) in [5, 5.41) is 19.2. The molecular weight excluding hydrogens is 751 g/mol. The molecule has 0 fully saturated rings. The van der Waals surface area contributed by atoms with Gasteiger partial charge < -0.3 is 0 Å². The smallest absolute Gasteiger partial charge is 0.164 e. The van der Waals surface area contributed by atoms with Crippen molar-refractivity contribution in [3.8, 4) is 79.7 Å². The predicted molar refractivity (Wildman–Crippen MR) is 238 cm³/mol. The van der Waals surface area contributed by atoms with Gasteiger partial charge in [-0.05, 0) is 86.0 Å². The molecule has 2 heterocycles. The minimum atomic E-state index is -0.544. The Hall–Kier alpha value is -7.90. The SMILES string of the molecule is N#Cc1cc(C#N)cc(-c2ccc(-c3ccc4c(c3)Sc3cc(-c5nc(-c6ccccc6)nc(-c6ccccc6)n5)ccc3C43c4ccccc4-c4ccccc43)cc2)c1. The van der Waals surface area contributed by atoms with Gasteiger partial charge in [0.25, 0.3) is 0 Å². The molecular formula is C54H31N5S. The molecule has 5 nitrogen and oxygen atoms in total. The molecule has 0 amide bonds. The van der Waals surface area contributed by atoms with Crippen LogP contribution in [0.3, 0.4) is 0 Å². The summed E-state index contributed by atoms with van der Waals surface area (Å²) in [6, 6.07) is 69.5. The summed E-state index contributed by atoms with van der Waals surface area (Å²) in [5.74, 6) is 1.88. The van der Waals surface area contributed by atoms with Gasteiger partial charge >= 0.3 is 0 Å². The van der Waals surface area contributed by atoms with Crippen LogP contribution in [0.5, 0.6) is 0 Å². The molecule has 0 N–H and O–H groups in total. The Labute approximate surface area is 352 Å². The average Bonchev–Trinajstić information content (AvgIpc) is 3.62. The molecule has 0 unspecified atom stereocenters. The Morgan fingerprint density at radius 3 is 1.28 bits per heavy atom. The zero-order valence-corrected chi connectivity index (χ0v) is 32.9. The van der Waals surface area contributed by atoms with E-state index in [1.54, 1.807) is 17.8 Å². The van der Waals surface area contributed by atoms with Crippen molar-refractivity contribution in [2.24, 2.45) is 0 Å². The number of hydrogen-bond donors (Lipinski definition) is 0. The predicted octanol–water partition coefficient (Wildman–Crippen LogP) is 12.8. The van der Waals surface area contributed by atoms with Crippen molar-refractivity contribution in [1.82, 2.24) is 15.0 Å². The van der Waals surface area contributed by atoms with Gasteiger partial charge in [-0.3, -0.25) is 0 Å². The van der Waals surface area contributed by atoms with Gasteiger partial charge in [0.15, 0.2) is 17.5 Å². The summed E-state index contributed by atoms with van der Waals surface area (Å²) in [6.45, 7) is 0. The van der Waals surface area contributed by atoms with Crippen LogP contribution >= 0.6 is 11.8 Å². The third-order valence-corrected chi connectivity index (χ3v) is 12.8. The fraction of sp³-hybridized carbons (Fsp3) is 0.0185. The Bertz CT molecular complexity index is 3120. The molecule has 1 aliphatic carbocycles. The highest BCUT2D eigenvalue weighted by Gasteiger charge is 2.50. The quantitative estimate of drug-likeness (QED) is 0.173. The van der Waals surface area contributed by atoms with Crippen LogP contribution in [0.15, 0.2) is 198 Å². The molecule has 1 spiro atoms. The van der Waals surface area contributed by atoms with Gasteiger partial charge in [0.1, 0.15) is 0 Å². The number of aromatic nitrogens is 3. The van der Waals surface area contributed by atoms with Crippen molar-refractivity contribution in [1.29, 1.82) is 10.5 Å². The van der Waals surface area contributed by atoms with E-state index in [2.05, 4.69) is 121 Å². The summed E-state index contributed by atoms with van der Waals surface area (Å²) in [4.78, 5) is 17.5. The molecule has 0 saturated carbocycles. The van der Waals surface area contributed by atoms with Crippen molar-refractivity contribution >= 4 is 11.8 Å². The van der Waals surface area contributed by atoms with Gasteiger partial charge in [0.2, 0.25) is 0 Å². The van der Waals surface area contributed by atoms with Crippen LogP contribution in [-0.4, -0.2) is 15.0 Å². The van der Waals surface area contributed by atoms with Gasteiger partial charge in [-0.2, -0.15) is 10.5 Å². The summed E-state index contributed by atoms with van der Waals surface area (Å²) in [6.07, 6.45) is 0. The van der Waals surface area contributed by atoms with Crippen molar-refractivity contribution in [3.63, 3.8) is 0 Å². The van der Waals surface area contributed by atoms with Gasteiger partial charge in [0.05, 0.1) is 28.7 Å². The lowest BCUT2D eigenvalue weighted by Crippen LogP contribution is -2.32. The van der Waals surface area contributed by atoms with Crippen LogP contribution in [0.25, 0.3) is 67.5 Å². The third kappa shape index (κ3) is 5.66. The van der Waals surface area contributed by atoms with Crippen molar-refractivity contribution in [2.45, 2.75) is 15.2 Å². The molecule has 278 valence electrons. The van der Waals surface area contributed by atoms with Crippen LogP contribution < -0.4 is 0 Å². The molecule has 0 saturated heterocycles. The highest BCUT2D eigenvalue weighted by molar-refractivity contribution is 7.99. The van der Waals surface area contributed by atoms with Crippen LogP contribution in [0.2, 0.25) is 0 Å². The van der Waals surface area contributed by atoms with Gasteiger partial charge in [-0.15, -0.1) is 0 Å². The number of fused-ring (bicyclic) bond motifs is 9. The first-order valence-electron chi connectivity index (χ1n) is 19.7. The number of benzene rings is 8. The van der Waals surface area contributed by atoms with E-state index in [0.29, 0.717) is 28.6 Å². The molecule has 9 aromatic rings. The van der Waals surface area contributed by atoms with E-state index in [4.69, 9.17) is 15.0 Å². The maximum atomic E-state index is 9.58. The van der Waals surface area contributed by atoms with E-state index < -0.39 is 5.41 Å². The van der Waals surface area contributed by atoms with Crippen LogP contribution in [0.4, 0.5) is 0 Å². The molecule has 8 aromatic carbocycles. The first-order chi connectivity index (χ1) is 29.6. The number of nitriles is 2. The van der Waals surface area contributed by atoms with Gasteiger partial charge in [-0.25, -0.2) is 15.0 Å². The Kier molecular flexibility index (Phi) is 8.34. The third-order valence-electron chi connectivity index (χ3n) is 11.6. The fourth-order valence-corrected chi connectivity index (χ4v) is 10.2. The summed E-state index contributed by atoms with van der Waals surface area (Å²) < 4.78 is 0. The molecule has 1 aromatic heterocycles. The number of nitrogens with zero attached hydrogens (tertiary/aromatic N) is 5. The maximum absolute atomic E-state index is 9.58. The highest BCUT2D eigenvalue weighted by Crippen LogP contribution is 2.62. The van der Waals surface area contributed by atoms with E-state index >= 15 is 0 Å². The maximum Gasteiger partial charge on any atom is 0.164 e. The molecule has 2 aliphatic rings. The fourth-order valence-electron chi connectivity index (χ4n) is 8.95. The second kappa shape index (κ2) is 14.2. The van der Waals surface area contributed by atoms with E-state index in [1.807, 2.05) is 72.8 Å². The second-order valence-electron chi connectivity index (χ2n) is 15.0. The molecule has 0 radical (unpaired) electrons. The zero-order chi connectivity index (χ0) is 40.2. The molecule has 0 atom stereocenters. The minimum Gasteiger partial charge on any atom is -0.208 e. The normalized spacial score (nSPS) is 12.7. The lowest BCUT2D eigenvalue weighted by Gasteiger charge is -2.40. The summed E-state index contributed by atoms with van der Waals surface area (Å²) in [5.41, 5.74) is 14.7. The molecule has 1 aliphatic heterocycles. The lowest BCUT2D eigenvalue weighted by atomic mass is 9.67. The second-order valence-corrected chi connectivity index (χ2v) is 16.1. The molecule has 6 heteroatoms. The van der Waals surface area contributed by atoms with Crippen molar-refractivity contribution in [3.05, 3.63) is 221 Å². The molecule has 60 heavy (non-hydrogen) atoms. The van der Waals surface area contributed by atoms with E-state index in [9.17, 15) is 10.5 Å².